The zero-order valence-electron chi connectivity index (χ0n) is 19.1. The van der Waals surface area contributed by atoms with Gasteiger partial charge in [0.25, 0.3) is 5.91 Å². The molecular formula is C31H28N2O. The molecule has 7 rings (SSSR count). The Morgan fingerprint density at radius 2 is 1.62 bits per heavy atom. The molecule has 2 N–H and O–H groups in total. The van der Waals surface area contributed by atoms with Crippen LogP contribution in [0.1, 0.15) is 52.7 Å². The Hall–Kier alpha value is -3.59. The van der Waals surface area contributed by atoms with E-state index < -0.39 is 0 Å². The van der Waals surface area contributed by atoms with Gasteiger partial charge in [0.1, 0.15) is 0 Å². The predicted molar refractivity (Wildman–Crippen MR) is 138 cm³/mol. The Bertz CT molecular complexity index is 1390. The van der Waals surface area contributed by atoms with E-state index in [1.54, 1.807) is 0 Å². The van der Waals surface area contributed by atoms with Crippen molar-refractivity contribution in [2.24, 2.45) is 17.8 Å². The first-order valence-corrected chi connectivity index (χ1v) is 12.5. The molecule has 3 aliphatic rings. The number of hydrogen-bond donors (Lipinski definition) is 2. The Morgan fingerprint density at radius 3 is 2.53 bits per heavy atom. The fraction of sp³-hybridized carbons (Fsp3) is 0.258. The van der Waals surface area contributed by atoms with E-state index >= 15 is 0 Å². The molecule has 0 unspecified atom stereocenters. The number of nitrogens with one attached hydrogen (secondary N) is 2. The number of carbonyl (C=O) groups excluding carboxylic acids is 1. The highest BCUT2D eigenvalue weighted by Crippen LogP contribution is 2.63. The fourth-order valence-electron chi connectivity index (χ4n) is 7.15. The van der Waals surface area contributed by atoms with Crippen LogP contribution in [0.15, 0.2) is 91.0 Å². The average Bonchev–Trinajstić information content (AvgIpc) is 3.52. The molecule has 1 amide bonds. The maximum absolute atomic E-state index is 13.3. The van der Waals surface area contributed by atoms with Crippen molar-refractivity contribution in [1.29, 1.82) is 0 Å². The molecule has 5 atom stereocenters. The minimum atomic E-state index is -0.0379. The number of anilines is 2. The molecule has 2 fully saturated rings. The summed E-state index contributed by atoms with van der Waals surface area (Å²) in [6.45, 7) is 0. The fourth-order valence-corrected chi connectivity index (χ4v) is 7.15. The number of hydrogen-bond acceptors (Lipinski definition) is 2. The van der Waals surface area contributed by atoms with Gasteiger partial charge in [-0.05, 0) is 83.7 Å². The van der Waals surface area contributed by atoms with Crippen LogP contribution in [-0.4, -0.2) is 5.91 Å². The van der Waals surface area contributed by atoms with Gasteiger partial charge in [-0.25, -0.2) is 0 Å². The van der Waals surface area contributed by atoms with Crippen LogP contribution in [0.2, 0.25) is 0 Å². The molecule has 34 heavy (non-hydrogen) atoms. The van der Waals surface area contributed by atoms with E-state index in [0.717, 1.165) is 33.9 Å². The number of rotatable bonds is 3. The summed E-state index contributed by atoms with van der Waals surface area (Å²) in [5.74, 6) is 2.60. The summed E-state index contributed by atoms with van der Waals surface area (Å²) in [5, 5.41) is 9.25. The van der Waals surface area contributed by atoms with Crippen LogP contribution in [-0.2, 0) is 0 Å². The first-order chi connectivity index (χ1) is 16.8. The molecular weight excluding hydrogens is 416 g/mol. The Morgan fingerprint density at radius 1 is 0.824 bits per heavy atom. The second-order valence-electron chi connectivity index (χ2n) is 10.3. The highest BCUT2D eigenvalue weighted by Gasteiger charge is 2.53. The second-order valence-corrected chi connectivity index (χ2v) is 10.3. The predicted octanol–water partition coefficient (Wildman–Crippen LogP) is 7.39. The molecule has 1 aliphatic heterocycles. The molecule has 2 bridgehead atoms. The van der Waals surface area contributed by atoms with Crippen molar-refractivity contribution in [3.63, 3.8) is 0 Å². The van der Waals surface area contributed by atoms with Gasteiger partial charge in [-0.2, -0.15) is 0 Å². The topological polar surface area (TPSA) is 41.1 Å². The standard InChI is InChI=1S/C31H28N2O/c34-31(33-26-12-6-10-19-7-4-5-11-24(19)26)23-15-16-27-25(18-23)28-21-13-14-22(17-21)29(28)30(32-27)20-8-2-1-3-9-20/h1-12,15-16,18,21-22,28-30,32H,13-14,17H2,(H,33,34)/t21-,22-,28-,29+,30+/m0/s1. The number of amides is 1. The van der Waals surface area contributed by atoms with Crippen molar-refractivity contribution in [1.82, 2.24) is 0 Å². The van der Waals surface area contributed by atoms with Gasteiger partial charge >= 0.3 is 0 Å². The highest BCUT2D eigenvalue weighted by molar-refractivity contribution is 6.09. The minimum Gasteiger partial charge on any atom is -0.378 e. The molecule has 4 aromatic carbocycles. The summed E-state index contributed by atoms with van der Waals surface area (Å²) in [7, 11) is 0. The number of fused-ring (bicyclic) bond motifs is 8. The lowest BCUT2D eigenvalue weighted by Crippen LogP contribution is -2.35. The largest absolute Gasteiger partial charge is 0.378 e. The van der Waals surface area contributed by atoms with E-state index in [1.807, 2.05) is 30.3 Å². The summed E-state index contributed by atoms with van der Waals surface area (Å²) in [4.78, 5) is 13.3. The van der Waals surface area contributed by atoms with Crippen molar-refractivity contribution >= 4 is 28.1 Å². The maximum atomic E-state index is 13.3. The van der Waals surface area contributed by atoms with E-state index in [1.165, 1.54) is 36.1 Å². The van der Waals surface area contributed by atoms with Gasteiger partial charge < -0.3 is 10.6 Å². The second kappa shape index (κ2) is 7.73. The van der Waals surface area contributed by atoms with Gasteiger partial charge in [0.2, 0.25) is 0 Å². The van der Waals surface area contributed by atoms with Crippen molar-refractivity contribution in [2.75, 3.05) is 10.6 Å². The van der Waals surface area contributed by atoms with Crippen LogP contribution in [0.3, 0.4) is 0 Å². The smallest absolute Gasteiger partial charge is 0.255 e. The Balaban J connectivity index is 1.24. The van der Waals surface area contributed by atoms with Gasteiger partial charge in [-0.15, -0.1) is 0 Å². The molecule has 0 saturated heterocycles. The van der Waals surface area contributed by atoms with E-state index in [9.17, 15) is 4.79 Å². The van der Waals surface area contributed by atoms with Crippen LogP contribution in [0.4, 0.5) is 11.4 Å². The molecule has 2 saturated carbocycles. The SMILES string of the molecule is O=C(Nc1cccc2ccccc12)c1ccc2c(c1)[C@@H]1[C@H]3CC[C@@H](C3)[C@H]1[C@@H](c1ccccc1)N2. The van der Waals surface area contributed by atoms with Gasteiger partial charge in [-0.1, -0.05) is 66.7 Å². The van der Waals surface area contributed by atoms with Gasteiger partial charge in [0.05, 0.1) is 6.04 Å². The van der Waals surface area contributed by atoms with Crippen molar-refractivity contribution < 1.29 is 4.79 Å². The Kier molecular flexibility index (Phi) is 4.51. The minimum absolute atomic E-state index is 0.0379. The third kappa shape index (κ3) is 3.07. The van der Waals surface area contributed by atoms with E-state index in [-0.39, 0.29) is 5.91 Å². The highest BCUT2D eigenvalue weighted by atomic mass is 16.1. The lowest BCUT2D eigenvalue weighted by atomic mass is 9.68. The molecule has 0 spiro atoms. The zero-order chi connectivity index (χ0) is 22.6. The molecule has 3 nitrogen and oxygen atoms in total. The summed E-state index contributed by atoms with van der Waals surface area (Å²) >= 11 is 0. The van der Waals surface area contributed by atoms with Gasteiger partial charge in [0.15, 0.2) is 0 Å². The van der Waals surface area contributed by atoms with Crippen molar-refractivity contribution in [3.8, 4) is 0 Å². The normalized spacial score (nSPS) is 26.5. The van der Waals surface area contributed by atoms with Crippen LogP contribution in [0.5, 0.6) is 0 Å². The van der Waals surface area contributed by atoms with Crippen molar-refractivity contribution in [2.45, 2.75) is 31.2 Å². The molecule has 4 aromatic rings. The molecule has 3 heteroatoms. The molecule has 0 radical (unpaired) electrons. The molecule has 1 heterocycles. The van der Waals surface area contributed by atoms with Gasteiger partial charge in [0, 0.05) is 22.3 Å². The molecule has 2 aliphatic carbocycles. The van der Waals surface area contributed by atoms with Crippen LogP contribution in [0, 0.1) is 17.8 Å². The van der Waals surface area contributed by atoms with Crippen LogP contribution < -0.4 is 10.6 Å². The summed E-state index contributed by atoms with van der Waals surface area (Å²) < 4.78 is 0. The van der Waals surface area contributed by atoms with E-state index in [2.05, 4.69) is 71.3 Å². The van der Waals surface area contributed by atoms with Crippen molar-refractivity contribution in [3.05, 3.63) is 108 Å². The Labute approximate surface area is 200 Å². The van der Waals surface area contributed by atoms with Crippen LogP contribution >= 0.6 is 0 Å². The first-order valence-electron chi connectivity index (χ1n) is 12.5. The lowest BCUT2D eigenvalue weighted by molar-refractivity contribution is 0.102. The quantitative estimate of drug-likeness (QED) is 0.346. The lowest BCUT2D eigenvalue weighted by Gasteiger charge is -2.43. The molecule has 0 aromatic heterocycles. The summed E-state index contributed by atoms with van der Waals surface area (Å²) in [6, 6.07) is 31.8. The van der Waals surface area contributed by atoms with E-state index in [0.29, 0.717) is 17.9 Å². The maximum Gasteiger partial charge on any atom is 0.255 e. The van der Waals surface area contributed by atoms with Crippen LogP contribution in [0.25, 0.3) is 10.8 Å². The number of carbonyl (C=O) groups is 1. The first kappa shape index (κ1) is 19.8. The number of benzene rings is 4. The van der Waals surface area contributed by atoms with Gasteiger partial charge in [-0.3, -0.25) is 4.79 Å². The third-order valence-electron chi connectivity index (χ3n) is 8.55. The van der Waals surface area contributed by atoms with E-state index in [4.69, 9.17) is 0 Å². The monoisotopic (exact) mass is 444 g/mol. The molecule has 168 valence electrons. The zero-order valence-corrected chi connectivity index (χ0v) is 19.1. The summed E-state index contributed by atoms with van der Waals surface area (Å²) in [6.07, 6.45) is 3.98. The average molecular weight is 445 g/mol. The summed E-state index contributed by atoms with van der Waals surface area (Å²) in [5.41, 5.74) is 5.53. The third-order valence-corrected chi connectivity index (χ3v) is 8.55.